The van der Waals surface area contributed by atoms with Gasteiger partial charge in [-0.1, -0.05) is 42.5 Å². The summed E-state index contributed by atoms with van der Waals surface area (Å²) in [5.74, 6) is 0. The Labute approximate surface area is 130 Å². The van der Waals surface area contributed by atoms with Crippen molar-refractivity contribution < 1.29 is 0 Å². The summed E-state index contributed by atoms with van der Waals surface area (Å²) in [4.78, 5) is 1.45. The molecule has 0 bridgehead atoms. The smallest absolute Gasteiger partial charge is 0.0294 e. The number of nitrogens with one attached hydrogen (secondary N) is 1. The van der Waals surface area contributed by atoms with Crippen molar-refractivity contribution in [3.05, 3.63) is 70.4 Å². The second-order valence-corrected chi connectivity index (χ2v) is 6.71. The lowest BCUT2D eigenvalue weighted by Gasteiger charge is -2.20. The van der Waals surface area contributed by atoms with Crippen LogP contribution in [0.15, 0.2) is 60.0 Å². The molecule has 0 amide bonds. The maximum atomic E-state index is 3.71. The standard InChI is InChI=1S/C19H21NS/c1-14(12-19-8-5-11-21-19)20-15(2)17-10-9-16-6-3-4-7-18(16)13-17/h3-11,13-15,20H,12H2,1-2H3. The third-order valence-corrected chi connectivity index (χ3v) is 4.79. The van der Waals surface area contributed by atoms with Gasteiger partial charge in [-0.05, 0) is 54.1 Å². The van der Waals surface area contributed by atoms with Crippen LogP contribution in [0.3, 0.4) is 0 Å². The third-order valence-electron chi connectivity index (χ3n) is 3.90. The number of benzene rings is 2. The minimum Gasteiger partial charge on any atom is -0.307 e. The molecule has 0 radical (unpaired) electrons. The molecule has 1 N–H and O–H groups in total. The van der Waals surface area contributed by atoms with E-state index in [1.54, 1.807) is 0 Å². The lowest BCUT2D eigenvalue weighted by molar-refractivity contribution is 0.479. The van der Waals surface area contributed by atoms with Gasteiger partial charge in [-0.25, -0.2) is 0 Å². The van der Waals surface area contributed by atoms with Crippen LogP contribution in [0.2, 0.25) is 0 Å². The topological polar surface area (TPSA) is 12.0 Å². The monoisotopic (exact) mass is 295 g/mol. The van der Waals surface area contributed by atoms with Gasteiger partial charge in [0, 0.05) is 17.0 Å². The van der Waals surface area contributed by atoms with E-state index in [9.17, 15) is 0 Å². The second kappa shape index (κ2) is 6.42. The summed E-state index contributed by atoms with van der Waals surface area (Å²) in [6.07, 6.45) is 1.09. The SMILES string of the molecule is CC(Cc1cccs1)NC(C)c1ccc2ccccc2c1. The van der Waals surface area contributed by atoms with Crippen LogP contribution in [-0.4, -0.2) is 6.04 Å². The maximum absolute atomic E-state index is 3.71. The first-order valence-electron chi connectivity index (χ1n) is 7.49. The molecule has 0 fully saturated rings. The normalized spacial score (nSPS) is 14.2. The molecule has 0 saturated heterocycles. The van der Waals surface area contributed by atoms with Gasteiger partial charge in [0.05, 0.1) is 0 Å². The highest BCUT2D eigenvalue weighted by molar-refractivity contribution is 7.09. The predicted molar refractivity (Wildman–Crippen MR) is 93.0 cm³/mol. The van der Waals surface area contributed by atoms with E-state index in [1.807, 2.05) is 11.3 Å². The number of hydrogen-bond acceptors (Lipinski definition) is 2. The molecule has 1 nitrogen and oxygen atoms in total. The summed E-state index contributed by atoms with van der Waals surface area (Å²) >= 11 is 1.84. The molecule has 3 aromatic rings. The first kappa shape index (κ1) is 14.3. The van der Waals surface area contributed by atoms with Gasteiger partial charge in [-0.2, -0.15) is 0 Å². The predicted octanol–water partition coefficient (Wildman–Crippen LogP) is 5.18. The van der Waals surface area contributed by atoms with Crippen LogP contribution in [-0.2, 0) is 6.42 Å². The minimum atomic E-state index is 0.365. The highest BCUT2D eigenvalue weighted by Gasteiger charge is 2.11. The summed E-state index contributed by atoms with van der Waals surface area (Å²) in [7, 11) is 0. The molecule has 2 unspecified atom stereocenters. The van der Waals surface area contributed by atoms with E-state index in [-0.39, 0.29) is 0 Å². The van der Waals surface area contributed by atoms with Gasteiger partial charge < -0.3 is 5.32 Å². The molecule has 2 heteroatoms. The van der Waals surface area contributed by atoms with Gasteiger partial charge in [0.2, 0.25) is 0 Å². The van der Waals surface area contributed by atoms with Gasteiger partial charge in [-0.15, -0.1) is 11.3 Å². The van der Waals surface area contributed by atoms with Crippen LogP contribution in [0, 0.1) is 0 Å². The van der Waals surface area contributed by atoms with E-state index >= 15 is 0 Å². The lowest BCUT2D eigenvalue weighted by atomic mass is 10.0. The van der Waals surface area contributed by atoms with Crippen LogP contribution in [0.4, 0.5) is 0 Å². The molecule has 0 aliphatic heterocycles. The van der Waals surface area contributed by atoms with E-state index in [0.717, 1.165) is 6.42 Å². The van der Waals surface area contributed by atoms with Gasteiger partial charge in [-0.3, -0.25) is 0 Å². The Kier molecular flexibility index (Phi) is 4.37. The zero-order valence-corrected chi connectivity index (χ0v) is 13.4. The third kappa shape index (κ3) is 3.52. The van der Waals surface area contributed by atoms with Crippen molar-refractivity contribution in [2.45, 2.75) is 32.4 Å². The van der Waals surface area contributed by atoms with Crippen molar-refractivity contribution in [3.63, 3.8) is 0 Å². The van der Waals surface area contributed by atoms with Crippen LogP contribution in [0.1, 0.15) is 30.3 Å². The van der Waals surface area contributed by atoms with E-state index in [1.165, 1.54) is 21.2 Å². The fraction of sp³-hybridized carbons (Fsp3) is 0.263. The molecule has 21 heavy (non-hydrogen) atoms. The molecule has 1 aromatic heterocycles. The van der Waals surface area contributed by atoms with Crippen LogP contribution < -0.4 is 5.32 Å². The number of thiophene rings is 1. The molecule has 108 valence electrons. The van der Waals surface area contributed by atoms with Crippen molar-refractivity contribution in [2.24, 2.45) is 0 Å². The van der Waals surface area contributed by atoms with Gasteiger partial charge in [0.1, 0.15) is 0 Å². The van der Waals surface area contributed by atoms with Gasteiger partial charge in [0.25, 0.3) is 0 Å². The molecular formula is C19H21NS. The largest absolute Gasteiger partial charge is 0.307 e. The molecule has 3 rings (SSSR count). The number of rotatable bonds is 5. The maximum Gasteiger partial charge on any atom is 0.0294 e. The van der Waals surface area contributed by atoms with Crippen molar-refractivity contribution in [3.8, 4) is 0 Å². The summed E-state index contributed by atoms with van der Waals surface area (Å²) in [5, 5.41) is 8.47. The number of hydrogen-bond donors (Lipinski definition) is 1. The quantitative estimate of drug-likeness (QED) is 0.683. The lowest BCUT2D eigenvalue weighted by Crippen LogP contribution is -2.30. The molecule has 0 spiro atoms. The first-order chi connectivity index (χ1) is 10.2. The Balaban J connectivity index is 1.69. The Hall–Kier alpha value is -1.64. The minimum absolute atomic E-state index is 0.365. The van der Waals surface area contributed by atoms with Crippen molar-refractivity contribution in [1.29, 1.82) is 0 Å². The summed E-state index contributed by atoms with van der Waals surface area (Å²) in [5.41, 5.74) is 1.35. The fourth-order valence-corrected chi connectivity index (χ4v) is 3.62. The summed E-state index contributed by atoms with van der Waals surface area (Å²) in [6, 6.07) is 20.5. The Morgan fingerprint density at radius 2 is 1.76 bits per heavy atom. The Morgan fingerprint density at radius 1 is 0.952 bits per heavy atom. The molecule has 0 aliphatic carbocycles. The molecular weight excluding hydrogens is 274 g/mol. The van der Waals surface area contributed by atoms with Crippen LogP contribution in [0.25, 0.3) is 10.8 Å². The van der Waals surface area contributed by atoms with Crippen molar-refractivity contribution >= 4 is 22.1 Å². The van der Waals surface area contributed by atoms with E-state index < -0.39 is 0 Å². The zero-order chi connectivity index (χ0) is 14.7. The average Bonchev–Trinajstić information content (AvgIpc) is 2.99. The van der Waals surface area contributed by atoms with E-state index in [0.29, 0.717) is 12.1 Å². The van der Waals surface area contributed by atoms with E-state index in [2.05, 4.69) is 79.1 Å². The molecule has 2 atom stereocenters. The highest BCUT2D eigenvalue weighted by Crippen LogP contribution is 2.21. The van der Waals surface area contributed by atoms with Crippen molar-refractivity contribution in [2.75, 3.05) is 0 Å². The van der Waals surface area contributed by atoms with E-state index in [4.69, 9.17) is 0 Å². The molecule has 0 saturated carbocycles. The van der Waals surface area contributed by atoms with Crippen LogP contribution >= 0.6 is 11.3 Å². The molecule has 0 aliphatic rings. The fourth-order valence-electron chi connectivity index (χ4n) is 2.79. The van der Waals surface area contributed by atoms with Crippen LogP contribution in [0.5, 0.6) is 0 Å². The van der Waals surface area contributed by atoms with Gasteiger partial charge >= 0.3 is 0 Å². The highest BCUT2D eigenvalue weighted by atomic mass is 32.1. The van der Waals surface area contributed by atoms with Gasteiger partial charge in [0.15, 0.2) is 0 Å². The Bertz CT molecular complexity index is 702. The molecule has 2 aromatic carbocycles. The summed E-state index contributed by atoms with van der Waals surface area (Å²) < 4.78 is 0. The second-order valence-electron chi connectivity index (χ2n) is 5.68. The van der Waals surface area contributed by atoms with Crippen molar-refractivity contribution in [1.82, 2.24) is 5.32 Å². The zero-order valence-electron chi connectivity index (χ0n) is 12.5. The summed E-state index contributed by atoms with van der Waals surface area (Å²) in [6.45, 7) is 4.51. The molecule has 1 heterocycles. The average molecular weight is 295 g/mol. The number of fused-ring (bicyclic) bond motifs is 1. The Morgan fingerprint density at radius 3 is 2.52 bits per heavy atom. The first-order valence-corrected chi connectivity index (χ1v) is 8.37.